The Hall–Kier alpha value is -3.92. The zero-order valence-corrected chi connectivity index (χ0v) is 17.6. The highest BCUT2D eigenvalue weighted by Crippen LogP contribution is 2.30. The molecule has 0 spiro atoms. The molecule has 5 aromatic rings. The first-order chi connectivity index (χ1) is 15.2. The standard InChI is InChI=1S/C27H23N3O/c1-19-9-6-7-12-22(19)18-30-25-16-23(20-10-4-3-5-11-20)17-28-26(25)29-27(30)21-13-8-14-24(15-21)31-2/h3-17H,18H2,1-2H3. The summed E-state index contributed by atoms with van der Waals surface area (Å²) in [7, 11) is 1.68. The number of hydrogen-bond donors (Lipinski definition) is 0. The van der Waals surface area contributed by atoms with Gasteiger partial charge in [-0.25, -0.2) is 9.97 Å². The van der Waals surface area contributed by atoms with E-state index in [4.69, 9.17) is 14.7 Å². The Bertz CT molecular complexity index is 1360. The number of fused-ring (bicyclic) bond motifs is 1. The average molecular weight is 406 g/mol. The van der Waals surface area contributed by atoms with Gasteiger partial charge in [-0.05, 0) is 41.8 Å². The molecule has 0 unspecified atom stereocenters. The highest BCUT2D eigenvalue weighted by molar-refractivity contribution is 5.82. The summed E-state index contributed by atoms with van der Waals surface area (Å²) in [5, 5.41) is 0. The van der Waals surface area contributed by atoms with E-state index in [0.717, 1.165) is 46.0 Å². The lowest BCUT2D eigenvalue weighted by molar-refractivity contribution is 0.415. The number of imidazole rings is 1. The van der Waals surface area contributed by atoms with Gasteiger partial charge in [0.05, 0.1) is 12.6 Å². The zero-order valence-electron chi connectivity index (χ0n) is 17.6. The van der Waals surface area contributed by atoms with Crippen molar-refractivity contribution in [3.05, 3.63) is 102 Å². The predicted molar refractivity (Wildman–Crippen MR) is 125 cm³/mol. The highest BCUT2D eigenvalue weighted by atomic mass is 16.5. The number of nitrogens with zero attached hydrogens (tertiary/aromatic N) is 3. The number of pyridine rings is 1. The van der Waals surface area contributed by atoms with Crippen molar-refractivity contribution >= 4 is 11.2 Å². The molecule has 0 bridgehead atoms. The molecule has 0 saturated carbocycles. The lowest BCUT2D eigenvalue weighted by Gasteiger charge is -2.12. The van der Waals surface area contributed by atoms with Crippen LogP contribution in [0.25, 0.3) is 33.7 Å². The molecule has 3 aromatic carbocycles. The molecule has 2 heterocycles. The van der Waals surface area contributed by atoms with Gasteiger partial charge in [0.2, 0.25) is 0 Å². The number of aryl methyl sites for hydroxylation is 1. The minimum absolute atomic E-state index is 0.718. The fourth-order valence-corrected chi connectivity index (χ4v) is 3.89. The third-order valence-electron chi connectivity index (χ3n) is 5.63. The molecule has 0 atom stereocenters. The first-order valence-corrected chi connectivity index (χ1v) is 10.3. The van der Waals surface area contributed by atoms with Gasteiger partial charge in [-0.1, -0.05) is 66.7 Å². The maximum Gasteiger partial charge on any atom is 0.178 e. The number of methoxy groups -OCH3 is 1. The molecular formula is C27H23N3O. The summed E-state index contributed by atoms with van der Waals surface area (Å²) >= 11 is 0. The van der Waals surface area contributed by atoms with Crippen LogP contribution in [0.15, 0.2) is 91.1 Å². The van der Waals surface area contributed by atoms with E-state index < -0.39 is 0 Å². The fraction of sp³-hybridized carbons (Fsp3) is 0.111. The second kappa shape index (κ2) is 8.07. The zero-order chi connectivity index (χ0) is 21.2. The van der Waals surface area contributed by atoms with Crippen molar-refractivity contribution in [3.8, 4) is 28.3 Å². The Kier molecular flexibility index (Phi) is 4.97. The first kappa shape index (κ1) is 19.1. The molecule has 0 aliphatic carbocycles. The average Bonchev–Trinajstić information content (AvgIpc) is 3.19. The third-order valence-corrected chi connectivity index (χ3v) is 5.63. The van der Waals surface area contributed by atoms with Gasteiger partial charge in [-0.2, -0.15) is 0 Å². The van der Waals surface area contributed by atoms with E-state index in [9.17, 15) is 0 Å². The van der Waals surface area contributed by atoms with Gasteiger partial charge >= 0.3 is 0 Å². The summed E-state index contributed by atoms with van der Waals surface area (Å²) in [5.41, 5.74) is 7.50. The smallest absolute Gasteiger partial charge is 0.178 e. The maximum atomic E-state index is 5.45. The molecule has 4 heteroatoms. The van der Waals surface area contributed by atoms with Crippen molar-refractivity contribution in [1.29, 1.82) is 0 Å². The van der Waals surface area contributed by atoms with Crippen molar-refractivity contribution in [2.75, 3.05) is 7.11 Å². The van der Waals surface area contributed by atoms with Crippen LogP contribution in [-0.2, 0) is 6.54 Å². The number of ether oxygens (including phenoxy) is 1. The van der Waals surface area contributed by atoms with Crippen LogP contribution in [0.4, 0.5) is 0 Å². The molecular weight excluding hydrogens is 382 g/mol. The van der Waals surface area contributed by atoms with Gasteiger partial charge in [0.1, 0.15) is 11.6 Å². The SMILES string of the molecule is COc1cccc(-c2nc3ncc(-c4ccccc4)cc3n2Cc2ccccc2C)c1. The molecule has 0 N–H and O–H groups in total. The van der Waals surface area contributed by atoms with E-state index in [1.807, 2.05) is 42.6 Å². The molecule has 5 rings (SSSR count). The molecule has 0 radical (unpaired) electrons. The topological polar surface area (TPSA) is 39.9 Å². The van der Waals surface area contributed by atoms with E-state index in [-0.39, 0.29) is 0 Å². The Morgan fingerprint density at radius 1 is 0.806 bits per heavy atom. The Morgan fingerprint density at radius 2 is 1.58 bits per heavy atom. The van der Waals surface area contributed by atoms with Crippen LogP contribution in [-0.4, -0.2) is 21.6 Å². The number of aromatic nitrogens is 3. The summed E-state index contributed by atoms with van der Waals surface area (Å²) < 4.78 is 7.71. The number of rotatable bonds is 5. The molecule has 0 amide bonds. The maximum absolute atomic E-state index is 5.45. The molecule has 2 aromatic heterocycles. The minimum atomic E-state index is 0.718. The number of hydrogen-bond acceptors (Lipinski definition) is 3. The van der Waals surface area contributed by atoms with E-state index >= 15 is 0 Å². The van der Waals surface area contributed by atoms with Gasteiger partial charge in [-0.15, -0.1) is 0 Å². The van der Waals surface area contributed by atoms with Gasteiger partial charge < -0.3 is 9.30 Å². The van der Waals surface area contributed by atoms with Crippen LogP contribution in [0.2, 0.25) is 0 Å². The Morgan fingerprint density at radius 3 is 2.39 bits per heavy atom. The predicted octanol–water partition coefficient (Wildman–Crippen LogP) is 6.13. The molecule has 4 nitrogen and oxygen atoms in total. The number of benzene rings is 3. The fourth-order valence-electron chi connectivity index (χ4n) is 3.89. The second-order valence-corrected chi connectivity index (χ2v) is 7.61. The van der Waals surface area contributed by atoms with Gasteiger partial charge in [0.25, 0.3) is 0 Å². The van der Waals surface area contributed by atoms with Crippen LogP contribution in [0.5, 0.6) is 5.75 Å². The van der Waals surface area contributed by atoms with Crippen molar-refractivity contribution < 1.29 is 4.74 Å². The normalized spacial score (nSPS) is 11.0. The quantitative estimate of drug-likeness (QED) is 0.353. The van der Waals surface area contributed by atoms with E-state index in [1.165, 1.54) is 11.1 Å². The minimum Gasteiger partial charge on any atom is -0.497 e. The van der Waals surface area contributed by atoms with E-state index in [0.29, 0.717) is 0 Å². The monoisotopic (exact) mass is 405 g/mol. The Labute approximate surface area is 181 Å². The Balaban J connectivity index is 1.72. The summed E-state index contributed by atoms with van der Waals surface area (Å²) in [6, 6.07) is 29.0. The van der Waals surface area contributed by atoms with Crippen molar-refractivity contribution in [1.82, 2.24) is 14.5 Å². The third kappa shape index (κ3) is 3.68. The van der Waals surface area contributed by atoms with E-state index in [1.54, 1.807) is 7.11 Å². The first-order valence-electron chi connectivity index (χ1n) is 10.3. The van der Waals surface area contributed by atoms with Crippen LogP contribution < -0.4 is 4.74 Å². The van der Waals surface area contributed by atoms with Crippen molar-refractivity contribution in [2.24, 2.45) is 0 Å². The van der Waals surface area contributed by atoms with Gasteiger partial charge in [-0.3, -0.25) is 0 Å². The summed E-state index contributed by atoms with van der Waals surface area (Å²) in [5.74, 6) is 1.69. The van der Waals surface area contributed by atoms with Gasteiger partial charge in [0.15, 0.2) is 5.65 Å². The molecule has 0 aliphatic heterocycles. The highest BCUT2D eigenvalue weighted by Gasteiger charge is 2.16. The molecule has 152 valence electrons. The largest absolute Gasteiger partial charge is 0.497 e. The van der Waals surface area contributed by atoms with Crippen LogP contribution in [0.1, 0.15) is 11.1 Å². The van der Waals surface area contributed by atoms with Crippen LogP contribution >= 0.6 is 0 Å². The lowest BCUT2D eigenvalue weighted by Crippen LogP contribution is -2.04. The van der Waals surface area contributed by atoms with Crippen LogP contribution in [0.3, 0.4) is 0 Å². The van der Waals surface area contributed by atoms with Crippen molar-refractivity contribution in [3.63, 3.8) is 0 Å². The molecule has 31 heavy (non-hydrogen) atoms. The summed E-state index contributed by atoms with van der Waals surface area (Å²) in [4.78, 5) is 9.62. The van der Waals surface area contributed by atoms with E-state index in [2.05, 4.69) is 60.0 Å². The molecule has 0 saturated heterocycles. The molecule has 0 aliphatic rings. The molecule has 0 fully saturated rings. The second-order valence-electron chi connectivity index (χ2n) is 7.61. The van der Waals surface area contributed by atoms with Gasteiger partial charge in [0, 0.05) is 23.9 Å². The summed E-state index contributed by atoms with van der Waals surface area (Å²) in [6.45, 7) is 2.86. The summed E-state index contributed by atoms with van der Waals surface area (Å²) in [6.07, 6.45) is 1.90. The van der Waals surface area contributed by atoms with Crippen molar-refractivity contribution in [2.45, 2.75) is 13.5 Å². The van der Waals surface area contributed by atoms with Crippen LogP contribution in [0, 0.1) is 6.92 Å². The lowest BCUT2D eigenvalue weighted by atomic mass is 10.1.